The molecule has 4 heteroatoms. The van der Waals surface area contributed by atoms with Crippen LogP contribution in [0.25, 0.3) is 0 Å². The summed E-state index contributed by atoms with van der Waals surface area (Å²) in [6.07, 6.45) is 3.09. The first-order valence-electron chi connectivity index (χ1n) is 9.21. The summed E-state index contributed by atoms with van der Waals surface area (Å²) in [7, 11) is 0. The fourth-order valence-corrected chi connectivity index (χ4v) is 5.24. The van der Waals surface area contributed by atoms with Crippen LogP contribution < -0.4 is 0 Å². The molecule has 0 bridgehead atoms. The first-order valence-corrected chi connectivity index (χ1v) is 9.21. The lowest BCUT2D eigenvalue weighted by molar-refractivity contribution is -0.298. The molecule has 1 spiro atoms. The second-order valence-electron chi connectivity index (χ2n) is 8.76. The van der Waals surface area contributed by atoms with E-state index in [1.807, 2.05) is 18.2 Å². The minimum Gasteiger partial charge on any atom is -0.349 e. The van der Waals surface area contributed by atoms with Crippen LogP contribution in [0.5, 0.6) is 0 Å². The van der Waals surface area contributed by atoms with Crippen LogP contribution in [0.2, 0.25) is 0 Å². The van der Waals surface area contributed by atoms with Gasteiger partial charge in [0.05, 0.1) is 13.2 Å². The van der Waals surface area contributed by atoms with Crippen molar-refractivity contribution >= 4 is 12.1 Å². The third-order valence-electron chi connectivity index (χ3n) is 6.40. The molecule has 4 nitrogen and oxygen atoms in total. The van der Waals surface area contributed by atoms with Crippen LogP contribution in [-0.2, 0) is 24.5 Å². The van der Waals surface area contributed by atoms with Crippen molar-refractivity contribution in [3.05, 3.63) is 35.9 Å². The highest BCUT2D eigenvalue weighted by molar-refractivity contribution is 5.88. The maximum atomic E-state index is 12.7. The van der Waals surface area contributed by atoms with E-state index in [0.717, 1.165) is 18.3 Å². The number of Topliss-reactive ketones (excluding diaryl/α,β-unsaturated/α-hetero) is 1. The van der Waals surface area contributed by atoms with Gasteiger partial charge in [-0.3, -0.25) is 4.79 Å². The summed E-state index contributed by atoms with van der Waals surface area (Å²) in [6, 6.07) is 10.2. The summed E-state index contributed by atoms with van der Waals surface area (Å²) < 4.78 is 12.5. The van der Waals surface area contributed by atoms with Crippen LogP contribution in [0.15, 0.2) is 30.3 Å². The lowest BCUT2D eigenvalue weighted by Gasteiger charge is -2.43. The predicted molar refractivity (Wildman–Crippen MR) is 93.1 cm³/mol. The maximum Gasteiger partial charge on any atom is 0.169 e. The van der Waals surface area contributed by atoms with Crippen LogP contribution in [0.3, 0.4) is 0 Å². The average Bonchev–Trinajstić information content (AvgIpc) is 3.04. The standard InChI is InChI=1S/C21H26O4/c1-19(2)13-24-20(25-14-19)11-16-10-18(23)17(8-9-22)21(16,12-20)15-6-4-3-5-7-15/h3-7,9,16-17H,8,10-14H2,1-2H3/t16-,17?,21-/m0/s1. The number of ether oxygens (including phenoxy) is 2. The molecule has 25 heavy (non-hydrogen) atoms. The monoisotopic (exact) mass is 342 g/mol. The van der Waals surface area contributed by atoms with Gasteiger partial charge in [-0.05, 0) is 11.5 Å². The fraction of sp³-hybridized carbons (Fsp3) is 0.619. The molecule has 2 aliphatic carbocycles. The molecule has 3 fully saturated rings. The Kier molecular flexibility index (Phi) is 3.89. The van der Waals surface area contributed by atoms with E-state index >= 15 is 0 Å². The highest BCUT2D eigenvalue weighted by Gasteiger charge is 2.66. The molecule has 134 valence electrons. The molecule has 3 aliphatic rings. The smallest absolute Gasteiger partial charge is 0.169 e. The zero-order valence-electron chi connectivity index (χ0n) is 15.0. The number of ketones is 1. The molecule has 2 saturated carbocycles. The van der Waals surface area contributed by atoms with Gasteiger partial charge >= 0.3 is 0 Å². The van der Waals surface area contributed by atoms with Crippen molar-refractivity contribution in [2.45, 2.75) is 50.7 Å². The maximum absolute atomic E-state index is 12.7. The number of carbonyl (C=O) groups is 2. The Bertz CT molecular complexity index is 670. The molecule has 4 rings (SSSR count). The minimum absolute atomic E-state index is 0.0148. The molecule has 1 saturated heterocycles. The van der Waals surface area contributed by atoms with Gasteiger partial charge in [-0.15, -0.1) is 0 Å². The zero-order valence-corrected chi connectivity index (χ0v) is 15.0. The van der Waals surface area contributed by atoms with E-state index in [9.17, 15) is 9.59 Å². The zero-order chi connectivity index (χ0) is 17.7. The van der Waals surface area contributed by atoms with Gasteiger partial charge in [0.2, 0.25) is 0 Å². The summed E-state index contributed by atoms with van der Waals surface area (Å²) in [6.45, 7) is 5.61. The summed E-state index contributed by atoms with van der Waals surface area (Å²) in [4.78, 5) is 24.0. The van der Waals surface area contributed by atoms with E-state index in [2.05, 4.69) is 26.0 Å². The number of carbonyl (C=O) groups excluding carboxylic acids is 2. The molecule has 1 heterocycles. The molecule has 1 aromatic carbocycles. The number of benzene rings is 1. The van der Waals surface area contributed by atoms with Gasteiger partial charge < -0.3 is 14.3 Å². The van der Waals surface area contributed by atoms with Gasteiger partial charge in [-0.2, -0.15) is 0 Å². The van der Waals surface area contributed by atoms with Gasteiger partial charge in [0.25, 0.3) is 0 Å². The molecule has 1 aliphatic heterocycles. The van der Waals surface area contributed by atoms with E-state index in [4.69, 9.17) is 9.47 Å². The van der Waals surface area contributed by atoms with E-state index in [1.165, 1.54) is 0 Å². The summed E-state index contributed by atoms with van der Waals surface area (Å²) >= 11 is 0. The van der Waals surface area contributed by atoms with Crippen molar-refractivity contribution in [2.24, 2.45) is 17.3 Å². The number of rotatable bonds is 3. The van der Waals surface area contributed by atoms with E-state index < -0.39 is 5.79 Å². The first kappa shape index (κ1) is 16.9. The molecular formula is C21H26O4. The minimum atomic E-state index is -0.613. The molecule has 0 N–H and O–H groups in total. The highest BCUT2D eigenvalue weighted by atomic mass is 16.7. The summed E-state index contributed by atoms with van der Waals surface area (Å²) in [5.74, 6) is -0.489. The Hall–Kier alpha value is -1.52. The van der Waals surface area contributed by atoms with Crippen molar-refractivity contribution in [3.8, 4) is 0 Å². The molecule has 0 amide bonds. The Morgan fingerprint density at radius 2 is 1.84 bits per heavy atom. The van der Waals surface area contributed by atoms with Crippen molar-refractivity contribution in [1.82, 2.24) is 0 Å². The van der Waals surface area contributed by atoms with Gasteiger partial charge in [0.1, 0.15) is 12.1 Å². The fourth-order valence-electron chi connectivity index (χ4n) is 5.24. The Balaban J connectivity index is 1.74. The Labute approximate surface area is 148 Å². The SMILES string of the molecule is CC1(C)COC2(C[C@@H]3CC(=O)C(CC=O)[C@]3(c3ccccc3)C2)OC1. The van der Waals surface area contributed by atoms with Gasteiger partial charge in [0.15, 0.2) is 5.79 Å². The van der Waals surface area contributed by atoms with E-state index in [-0.39, 0.29) is 34.9 Å². The molecule has 1 unspecified atom stereocenters. The third-order valence-corrected chi connectivity index (χ3v) is 6.40. The average molecular weight is 342 g/mol. The summed E-state index contributed by atoms with van der Waals surface area (Å²) in [5.41, 5.74) is 0.813. The third kappa shape index (κ3) is 2.58. The lowest BCUT2D eigenvalue weighted by atomic mass is 9.67. The highest BCUT2D eigenvalue weighted by Crippen LogP contribution is 2.62. The van der Waals surface area contributed by atoms with E-state index in [1.54, 1.807) is 0 Å². The van der Waals surface area contributed by atoms with E-state index in [0.29, 0.717) is 26.1 Å². The van der Waals surface area contributed by atoms with Crippen molar-refractivity contribution < 1.29 is 19.1 Å². The largest absolute Gasteiger partial charge is 0.349 e. The van der Waals surface area contributed by atoms with Crippen LogP contribution in [-0.4, -0.2) is 31.1 Å². The number of hydrogen-bond acceptors (Lipinski definition) is 4. The second kappa shape index (κ2) is 5.75. The molecular weight excluding hydrogens is 316 g/mol. The molecule has 1 aromatic rings. The van der Waals surface area contributed by atoms with Crippen LogP contribution in [0.4, 0.5) is 0 Å². The van der Waals surface area contributed by atoms with Crippen LogP contribution in [0.1, 0.15) is 45.1 Å². The van der Waals surface area contributed by atoms with Crippen molar-refractivity contribution in [1.29, 1.82) is 0 Å². The molecule has 0 radical (unpaired) electrons. The van der Waals surface area contributed by atoms with Gasteiger partial charge in [-0.25, -0.2) is 0 Å². The normalized spacial score (nSPS) is 35.7. The topological polar surface area (TPSA) is 52.6 Å². The van der Waals surface area contributed by atoms with Crippen molar-refractivity contribution in [3.63, 3.8) is 0 Å². The lowest BCUT2D eigenvalue weighted by Crippen LogP contribution is -2.48. The van der Waals surface area contributed by atoms with Crippen LogP contribution >= 0.6 is 0 Å². The first-order chi connectivity index (χ1) is 11.9. The van der Waals surface area contributed by atoms with Crippen LogP contribution in [0, 0.1) is 17.3 Å². The second-order valence-corrected chi connectivity index (χ2v) is 8.76. The van der Waals surface area contributed by atoms with Gasteiger partial charge in [0, 0.05) is 42.4 Å². The Morgan fingerprint density at radius 3 is 2.48 bits per heavy atom. The molecule has 0 aromatic heterocycles. The van der Waals surface area contributed by atoms with Crippen molar-refractivity contribution in [2.75, 3.05) is 13.2 Å². The summed E-state index contributed by atoms with van der Waals surface area (Å²) in [5, 5.41) is 0. The quantitative estimate of drug-likeness (QED) is 0.791. The van der Waals surface area contributed by atoms with Gasteiger partial charge in [-0.1, -0.05) is 44.2 Å². The molecule has 3 atom stereocenters. The number of fused-ring (bicyclic) bond motifs is 1. The number of aldehydes is 1. The number of hydrogen-bond donors (Lipinski definition) is 0. The predicted octanol–water partition coefficient (Wildman–Crippen LogP) is 3.28. The Morgan fingerprint density at radius 1 is 1.16 bits per heavy atom.